The average molecular weight is 405 g/mol. The van der Waals surface area contributed by atoms with Gasteiger partial charge in [0, 0.05) is 26.0 Å². The van der Waals surface area contributed by atoms with Crippen molar-refractivity contribution in [3.05, 3.63) is 63.9 Å². The maximum atomic E-state index is 12.9. The zero-order valence-corrected chi connectivity index (χ0v) is 16.6. The van der Waals surface area contributed by atoms with Crippen molar-refractivity contribution in [3.63, 3.8) is 0 Å². The van der Waals surface area contributed by atoms with Gasteiger partial charge in [0.15, 0.2) is 5.16 Å². The Labute approximate surface area is 167 Å². The molecule has 2 aromatic carbocycles. The monoisotopic (exact) mass is 404 g/mol. The molecule has 0 unspecified atom stereocenters. The molecule has 27 heavy (non-hydrogen) atoms. The summed E-state index contributed by atoms with van der Waals surface area (Å²) in [5.41, 5.74) is 0.686. The fourth-order valence-corrected chi connectivity index (χ4v) is 3.70. The molecular weight excluding hydrogens is 384 g/mol. The summed E-state index contributed by atoms with van der Waals surface area (Å²) in [4.78, 5) is 17.5. The molecule has 1 aromatic heterocycles. The molecule has 5 nitrogen and oxygen atoms in total. The van der Waals surface area contributed by atoms with Crippen LogP contribution in [-0.4, -0.2) is 35.6 Å². The summed E-state index contributed by atoms with van der Waals surface area (Å²) in [5.74, 6) is 1.31. The van der Waals surface area contributed by atoms with Crippen molar-refractivity contribution >= 4 is 34.3 Å². The molecule has 0 spiro atoms. The number of hydrogen-bond acceptors (Lipinski definition) is 5. The maximum absolute atomic E-state index is 12.9. The second-order valence-corrected chi connectivity index (χ2v) is 7.31. The van der Waals surface area contributed by atoms with E-state index in [1.54, 1.807) is 17.7 Å². The summed E-state index contributed by atoms with van der Waals surface area (Å²) in [7, 11) is 1.66. The fourth-order valence-electron chi connectivity index (χ4n) is 2.67. The molecule has 3 aromatic rings. The van der Waals surface area contributed by atoms with Crippen LogP contribution in [0.15, 0.2) is 58.5 Å². The van der Waals surface area contributed by atoms with E-state index in [4.69, 9.17) is 21.1 Å². The van der Waals surface area contributed by atoms with Crippen LogP contribution in [0.4, 0.5) is 0 Å². The topological polar surface area (TPSA) is 53.4 Å². The van der Waals surface area contributed by atoms with Gasteiger partial charge in [0.2, 0.25) is 0 Å². The quantitative estimate of drug-likeness (QED) is 0.303. The summed E-state index contributed by atoms with van der Waals surface area (Å²) >= 11 is 7.60. The predicted molar refractivity (Wildman–Crippen MR) is 110 cm³/mol. The highest BCUT2D eigenvalue weighted by Gasteiger charge is 2.11. The van der Waals surface area contributed by atoms with Crippen molar-refractivity contribution in [2.75, 3.05) is 26.1 Å². The fraction of sp³-hybridized carbons (Fsp3) is 0.300. The first-order chi connectivity index (χ1) is 13.2. The number of rotatable bonds is 9. The molecule has 0 fully saturated rings. The van der Waals surface area contributed by atoms with E-state index >= 15 is 0 Å². The lowest BCUT2D eigenvalue weighted by Crippen LogP contribution is -2.24. The van der Waals surface area contributed by atoms with Gasteiger partial charge in [-0.05, 0) is 30.7 Å². The van der Waals surface area contributed by atoms with Crippen LogP contribution < -0.4 is 10.3 Å². The van der Waals surface area contributed by atoms with E-state index in [1.165, 1.54) is 11.8 Å². The van der Waals surface area contributed by atoms with E-state index in [9.17, 15) is 4.79 Å². The minimum absolute atomic E-state index is 0.0220. The third-order valence-corrected chi connectivity index (χ3v) is 5.22. The van der Waals surface area contributed by atoms with Gasteiger partial charge in [-0.1, -0.05) is 47.6 Å². The summed E-state index contributed by atoms with van der Waals surface area (Å²) in [6.45, 7) is 1.63. The highest BCUT2D eigenvalue weighted by Crippen LogP contribution is 2.24. The van der Waals surface area contributed by atoms with Crippen molar-refractivity contribution in [1.82, 2.24) is 9.55 Å². The second kappa shape index (κ2) is 9.78. The molecule has 7 heteroatoms. The highest BCUT2D eigenvalue weighted by atomic mass is 35.5. The largest absolute Gasteiger partial charge is 0.491 e. The summed E-state index contributed by atoms with van der Waals surface area (Å²) in [6.07, 6.45) is 0.750. The first kappa shape index (κ1) is 19.7. The minimum Gasteiger partial charge on any atom is -0.491 e. The standard InChI is InChI=1S/C20H21ClN2O3S/c1-25-12-6-11-23-19(24)15-7-2-4-9-17(15)22-20(23)27-14-13-26-18-10-5-3-8-16(18)21/h2-5,7-10H,6,11-14H2,1H3. The Bertz CT molecular complexity index is 961. The Hall–Kier alpha value is -2.02. The van der Waals surface area contributed by atoms with Crippen LogP contribution >= 0.6 is 23.4 Å². The molecule has 3 rings (SSSR count). The van der Waals surface area contributed by atoms with Gasteiger partial charge in [-0.25, -0.2) is 4.98 Å². The van der Waals surface area contributed by atoms with Crippen molar-refractivity contribution in [2.24, 2.45) is 0 Å². The first-order valence-corrected chi connectivity index (χ1v) is 10.1. The minimum atomic E-state index is -0.0220. The van der Waals surface area contributed by atoms with E-state index in [2.05, 4.69) is 4.98 Å². The van der Waals surface area contributed by atoms with Crippen molar-refractivity contribution in [3.8, 4) is 5.75 Å². The third-order valence-electron chi connectivity index (χ3n) is 3.97. The van der Waals surface area contributed by atoms with Crippen LogP contribution in [0.25, 0.3) is 10.9 Å². The van der Waals surface area contributed by atoms with Gasteiger partial charge < -0.3 is 9.47 Å². The summed E-state index contributed by atoms with van der Waals surface area (Å²) in [5, 5.41) is 1.91. The van der Waals surface area contributed by atoms with Crippen LogP contribution in [0.3, 0.4) is 0 Å². The summed E-state index contributed by atoms with van der Waals surface area (Å²) < 4.78 is 12.6. The van der Waals surface area contributed by atoms with Crippen molar-refractivity contribution in [2.45, 2.75) is 18.1 Å². The van der Waals surface area contributed by atoms with Gasteiger partial charge in [-0.2, -0.15) is 0 Å². The first-order valence-electron chi connectivity index (χ1n) is 8.69. The molecule has 0 aliphatic carbocycles. The maximum Gasteiger partial charge on any atom is 0.262 e. The van der Waals surface area contributed by atoms with E-state index in [0.29, 0.717) is 52.3 Å². The molecule has 142 valence electrons. The number of nitrogens with zero attached hydrogens (tertiary/aromatic N) is 2. The Morgan fingerprint density at radius 2 is 1.89 bits per heavy atom. The zero-order valence-electron chi connectivity index (χ0n) is 15.1. The lowest BCUT2D eigenvalue weighted by molar-refractivity contribution is 0.189. The number of halogens is 1. The molecule has 0 N–H and O–H groups in total. The second-order valence-electron chi connectivity index (χ2n) is 5.84. The van der Waals surface area contributed by atoms with Gasteiger partial charge >= 0.3 is 0 Å². The number of methoxy groups -OCH3 is 1. The van der Waals surface area contributed by atoms with Gasteiger partial charge in [-0.15, -0.1) is 0 Å². The van der Waals surface area contributed by atoms with Crippen LogP contribution in [0.1, 0.15) is 6.42 Å². The molecule has 0 aliphatic rings. The lowest BCUT2D eigenvalue weighted by Gasteiger charge is -2.13. The van der Waals surface area contributed by atoms with Gasteiger partial charge in [-0.3, -0.25) is 9.36 Å². The molecular formula is C20H21ClN2O3S. The Morgan fingerprint density at radius 1 is 1.11 bits per heavy atom. The molecule has 0 saturated carbocycles. The Morgan fingerprint density at radius 3 is 2.70 bits per heavy atom. The third kappa shape index (κ3) is 5.03. The van der Waals surface area contributed by atoms with Crippen LogP contribution in [0.2, 0.25) is 5.02 Å². The normalized spacial score (nSPS) is 11.0. The number of fused-ring (bicyclic) bond motifs is 1. The lowest BCUT2D eigenvalue weighted by atomic mass is 10.2. The number of thioether (sulfide) groups is 1. The van der Waals surface area contributed by atoms with Crippen LogP contribution in [0.5, 0.6) is 5.75 Å². The zero-order chi connectivity index (χ0) is 19.1. The van der Waals surface area contributed by atoms with Crippen LogP contribution in [-0.2, 0) is 11.3 Å². The van der Waals surface area contributed by atoms with Crippen molar-refractivity contribution in [1.29, 1.82) is 0 Å². The molecule has 0 saturated heterocycles. The predicted octanol–water partition coefficient (Wildman–Crippen LogP) is 4.26. The average Bonchev–Trinajstić information content (AvgIpc) is 2.69. The van der Waals surface area contributed by atoms with E-state index in [0.717, 1.165) is 6.42 Å². The highest BCUT2D eigenvalue weighted by molar-refractivity contribution is 7.99. The number of benzene rings is 2. The SMILES string of the molecule is COCCCn1c(SCCOc2ccccc2Cl)nc2ccccc2c1=O. The Kier molecular flexibility index (Phi) is 7.15. The van der Waals surface area contributed by atoms with E-state index < -0.39 is 0 Å². The molecule has 0 atom stereocenters. The molecule has 0 bridgehead atoms. The van der Waals surface area contributed by atoms with E-state index in [-0.39, 0.29) is 5.56 Å². The molecule has 0 aliphatic heterocycles. The molecule has 0 amide bonds. The number of aromatic nitrogens is 2. The number of hydrogen-bond donors (Lipinski definition) is 0. The van der Waals surface area contributed by atoms with Crippen LogP contribution in [0, 0.1) is 0 Å². The summed E-state index contributed by atoms with van der Waals surface area (Å²) in [6, 6.07) is 14.8. The Balaban J connectivity index is 1.74. The van der Waals surface area contributed by atoms with Crippen molar-refractivity contribution < 1.29 is 9.47 Å². The van der Waals surface area contributed by atoms with Gasteiger partial charge in [0.25, 0.3) is 5.56 Å². The smallest absolute Gasteiger partial charge is 0.262 e. The molecule has 1 heterocycles. The molecule has 0 radical (unpaired) electrons. The number of para-hydroxylation sites is 2. The van der Waals surface area contributed by atoms with E-state index in [1.807, 2.05) is 42.5 Å². The van der Waals surface area contributed by atoms with Gasteiger partial charge in [0.1, 0.15) is 5.75 Å². The number of ether oxygens (including phenoxy) is 2. The van der Waals surface area contributed by atoms with Gasteiger partial charge in [0.05, 0.1) is 22.5 Å².